The van der Waals surface area contributed by atoms with Gasteiger partial charge in [-0.05, 0) is 43.0 Å². The first-order chi connectivity index (χ1) is 10.7. The molecule has 7 heteroatoms. The van der Waals surface area contributed by atoms with Crippen LogP contribution in [0.4, 0.5) is 13.2 Å². The molecule has 0 aromatic heterocycles. The predicted molar refractivity (Wildman–Crippen MR) is 79.0 cm³/mol. The van der Waals surface area contributed by atoms with E-state index in [-0.39, 0.29) is 0 Å². The summed E-state index contributed by atoms with van der Waals surface area (Å²) in [6, 6.07) is 4.12. The lowest BCUT2D eigenvalue weighted by atomic mass is 10.0. The van der Waals surface area contributed by atoms with Crippen LogP contribution < -0.4 is 5.73 Å². The molecule has 23 heavy (non-hydrogen) atoms. The summed E-state index contributed by atoms with van der Waals surface area (Å²) in [6.07, 6.45) is -2.00. The number of alkyl halides is 3. The van der Waals surface area contributed by atoms with Crippen LogP contribution in [0.25, 0.3) is 5.57 Å². The van der Waals surface area contributed by atoms with Crippen LogP contribution in [-0.2, 0) is 15.8 Å². The fourth-order valence-corrected chi connectivity index (χ4v) is 2.62. The number of primary amides is 1. The minimum Gasteiger partial charge on any atom is -0.368 e. The van der Waals surface area contributed by atoms with Crippen LogP contribution in [0.15, 0.2) is 30.3 Å². The standard InChI is InChI=1S/C16H17F3N2O2/c1-10(11-4-2-5-12(9-11)16(17,18)19)8-14(22)21-7-3-6-13(21)15(20)23/h2,4-5,8-9,13H,3,6-7H2,1H3,(H2,20,23). The van der Waals surface area contributed by atoms with Crippen molar-refractivity contribution in [3.63, 3.8) is 0 Å². The molecule has 1 saturated heterocycles. The summed E-state index contributed by atoms with van der Waals surface area (Å²) in [5, 5.41) is 0. The number of nitrogens with two attached hydrogens (primary N) is 1. The summed E-state index contributed by atoms with van der Waals surface area (Å²) in [6.45, 7) is 1.97. The van der Waals surface area contributed by atoms with Gasteiger partial charge in [0, 0.05) is 12.6 Å². The number of hydrogen-bond acceptors (Lipinski definition) is 2. The first-order valence-corrected chi connectivity index (χ1v) is 7.16. The normalized spacial score (nSPS) is 19.0. The van der Waals surface area contributed by atoms with Crippen LogP contribution in [0.3, 0.4) is 0 Å². The van der Waals surface area contributed by atoms with E-state index in [0.29, 0.717) is 30.5 Å². The van der Waals surface area contributed by atoms with Gasteiger partial charge in [0.05, 0.1) is 5.56 Å². The zero-order valence-electron chi connectivity index (χ0n) is 12.6. The molecule has 2 rings (SSSR count). The maximum Gasteiger partial charge on any atom is 0.416 e. The van der Waals surface area contributed by atoms with Crippen molar-refractivity contribution in [1.82, 2.24) is 4.90 Å². The molecule has 0 bridgehead atoms. The van der Waals surface area contributed by atoms with Crippen LogP contribution >= 0.6 is 0 Å². The van der Waals surface area contributed by atoms with Gasteiger partial charge in [-0.3, -0.25) is 9.59 Å². The second kappa shape index (κ2) is 6.44. The first-order valence-electron chi connectivity index (χ1n) is 7.16. The van der Waals surface area contributed by atoms with Crippen LogP contribution in [-0.4, -0.2) is 29.3 Å². The molecule has 1 unspecified atom stereocenters. The Kier molecular flexibility index (Phi) is 4.77. The Bertz CT molecular complexity index is 653. The second-order valence-electron chi connectivity index (χ2n) is 5.50. The van der Waals surface area contributed by atoms with Gasteiger partial charge >= 0.3 is 6.18 Å². The van der Waals surface area contributed by atoms with E-state index in [4.69, 9.17) is 5.73 Å². The quantitative estimate of drug-likeness (QED) is 0.868. The minimum atomic E-state index is -4.44. The van der Waals surface area contributed by atoms with Crippen molar-refractivity contribution in [3.05, 3.63) is 41.5 Å². The van der Waals surface area contributed by atoms with Crippen LogP contribution in [0.1, 0.15) is 30.9 Å². The third-order valence-corrected chi connectivity index (χ3v) is 3.85. The fourth-order valence-electron chi connectivity index (χ4n) is 2.62. The molecule has 0 aliphatic carbocycles. The highest BCUT2D eigenvalue weighted by molar-refractivity contribution is 5.97. The Labute approximate surface area is 131 Å². The molecular weight excluding hydrogens is 309 g/mol. The molecule has 2 N–H and O–H groups in total. The van der Waals surface area contributed by atoms with E-state index in [9.17, 15) is 22.8 Å². The minimum absolute atomic E-state index is 0.308. The van der Waals surface area contributed by atoms with Gasteiger partial charge in [-0.25, -0.2) is 0 Å². The number of hydrogen-bond donors (Lipinski definition) is 1. The van der Waals surface area contributed by atoms with Crippen molar-refractivity contribution in [3.8, 4) is 0 Å². The van der Waals surface area contributed by atoms with Crippen molar-refractivity contribution < 1.29 is 22.8 Å². The van der Waals surface area contributed by atoms with Crippen LogP contribution in [0, 0.1) is 0 Å². The number of rotatable bonds is 3. The van der Waals surface area contributed by atoms with E-state index in [1.807, 2.05) is 0 Å². The van der Waals surface area contributed by atoms with E-state index in [1.54, 1.807) is 6.92 Å². The molecule has 1 aliphatic heterocycles. The maximum atomic E-state index is 12.7. The number of carbonyl (C=O) groups excluding carboxylic acids is 2. The number of amides is 2. The lowest BCUT2D eigenvalue weighted by Gasteiger charge is -2.21. The van der Waals surface area contributed by atoms with Gasteiger partial charge in [0.25, 0.3) is 0 Å². The number of carbonyl (C=O) groups is 2. The van der Waals surface area contributed by atoms with Gasteiger partial charge in [-0.1, -0.05) is 12.1 Å². The average Bonchev–Trinajstić information content (AvgIpc) is 2.96. The Morgan fingerprint density at radius 2 is 2.04 bits per heavy atom. The summed E-state index contributed by atoms with van der Waals surface area (Å²) in [5.41, 5.74) is 5.19. The Morgan fingerprint density at radius 3 is 2.65 bits per heavy atom. The third-order valence-electron chi connectivity index (χ3n) is 3.85. The van der Waals surface area contributed by atoms with Gasteiger partial charge in [0.2, 0.25) is 11.8 Å². The topological polar surface area (TPSA) is 63.4 Å². The molecule has 1 heterocycles. The van der Waals surface area contributed by atoms with Crippen molar-refractivity contribution in [2.45, 2.75) is 32.0 Å². The molecule has 1 aromatic rings. The molecule has 1 atom stereocenters. The van der Waals surface area contributed by atoms with Gasteiger partial charge < -0.3 is 10.6 Å². The molecular formula is C16H17F3N2O2. The molecule has 0 radical (unpaired) electrons. The largest absolute Gasteiger partial charge is 0.416 e. The number of nitrogens with zero attached hydrogens (tertiary/aromatic N) is 1. The lowest BCUT2D eigenvalue weighted by molar-refractivity contribution is -0.137. The Hall–Kier alpha value is -2.31. The van der Waals surface area contributed by atoms with Gasteiger partial charge in [-0.15, -0.1) is 0 Å². The molecule has 1 aromatic carbocycles. The van der Waals surface area contributed by atoms with Crippen LogP contribution in [0.2, 0.25) is 0 Å². The lowest BCUT2D eigenvalue weighted by Crippen LogP contribution is -2.43. The average molecular weight is 326 g/mol. The molecule has 4 nitrogen and oxygen atoms in total. The molecule has 1 fully saturated rings. The zero-order valence-corrected chi connectivity index (χ0v) is 12.6. The van der Waals surface area contributed by atoms with E-state index in [1.165, 1.54) is 23.1 Å². The van der Waals surface area contributed by atoms with E-state index < -0.39 is 29.6 Å². The predicted octanol–water partition coefficient (Wildman–Crippen LogP) is 2.59. The second-order valence-corrected chi connectivity index (χ2v) is 5.50. The van der Waals surface area contributed by atoms with Gasteiger partial charge in [0.15, 0.2) is 0 Å². The highest BCUT2D eigenvalue weighted by atomic mass is 19.4. The SMILES string of the molecule is CC(=CC(=O)N1CCCC1C(N)=O)c1cccc(C(F)(F)F)c1. The van der Waals surface area contributed by atoms with Gasteiger partial charge in [-0.2, -0.15) is 13.2 Å². The summed E-state index contributed by atoms with van der Waals surface area (Å²) in [5.74, 6) is -0.984. The Balaban J connectivity index is 2.22. The number of halogens is 3. The monoisotopic (exact) mass is 326 g/mol. The highest BCUT2D eigenvalue weighted by Gasteiger charge is 2.32. The van der Waals surface area contributed by atoms with E-state index in [0.717, 1.165) is 12.1 Å². The third kappa shape index (κ3) is 3.91. The molecule has 124 valence electrons. The summed E-state index contributed by atoms with van der Waals surface area (Å²) >= 11 is 0. The Morgan fingerprint density at radius 1 is 1.35 bits per heavy atom. The van der Waals surface area contributed by atoms with E-state index >= 15 is 0 Å². The maximum absolute atomic E-state index is 12.7. The number of allylic oxidation sites excluding steroid dienone is 1. The molecule has 0 saturated carbocycles. The smallest absolute Gasteiger partial charge is 0.368 e. The summed E-state index contributed by atoms with van der Waals surface area (Å²) in [4.78, 5) is 24.9. The van der Waals surface area contributed by atoms with E-state index in [2.05, 4.69) is 0 Å². The molecule has 1 aliphatic rings. The molecule has 2 amide bonds. The van der Waals surface area contributed by atoms with Gasteiger partial charge in [0.1, 0.15) is 6.04 Å². The molecule has 0 spiro atoms. The number of benzene rings is 1. The summed E-state index contributed by atoms with van der Waals surface area (Å²) in [7, 11) is 0. The highest BCUT2D eigenvalue weighted by Crippen LogP contribution is 2.31. The summed E-state index contributed by atoms with van der Waals surface area (Å²) < 4.78 is 38.2. The van der Waals surface area contributed by atoms with Crippen molar-refractivity contribution in [2.75, 3.05) is 6.54 Å². The van der Waals surface area contributed by atoms with Crippen molar-refractivity contribution in [1.29, 1.82) is 0 Å². The zero-order chi connectivity index (χ0) is 17.2. The van der Waals surface area contributed by atoms with Crippen molar-refractivity contribution in [2.24, 2.45) is 5.73 Å². The van der Waals surface area contributed by atoms with Crippen LogP contribution in [0.5, 0.6) is 0 Å². The first kappa shape index (κ1) is 17.1. The van der Waals surface area contributed by atoms with Crippen molar-refractivity contribution >= 4 is 17.4 Å². The number of likely N-dealkylation sites (tertiary alicyclic amines) is 1. The fraction of sp³-hybridized carbons (Fsp3) is 0.375.